The second-order valence-electron chi connectivity index (χ2n) is 4.83. The minimum Gasteiger partial charge on any atom is -0.477 e. The molecule has 1 aliphatic rings. The van der Waals surface area contributed by atoms with Crippen molar-refractivity contribution in [3.63, 3.8) is 0 Å². The first-order valence-electron chi connectivity index (χ1n) is 5.93. The molecule has 1 saturated heterocycles. The van der Waals surface area contributed by atoms with Crippen molar-refractivity contribution in [3.8, 4) is 0 Å². The molecule has 0 radical (unpaired) electrons. The van der Waals surface area contributed by atoms with Crippen molar-refractivity contribution < 1.29 is 23.1 Å². The lowest BCUT2D eigenvalue weighted by molar-refractivity contribution is -0.141. The molecule has 20 heavy (non-hydrogen) atoms. The van der Waals surface area contributed by atoms with Crippen LogP contribution in [-0.4, -0.2) is 54.2 Å². The van der Waals surface area contributed by atoms with Crippen molar-refractivity contribution in [2.24, 2.45) is 0 Å². The zero-order chi connectivity index (χ0) is 15.1. The maximum Gasteiger partial charge on any atom is 0.435 e. The average Bonchev–Trinajstić information content (AvgIpc) is 2.94. The van der Waals surface area contributed by atoms with Gasteiger partial charge in [-0.05, 0) is 20.5 Å². The predicted octanol–water partition coefficient (Wildman–Crippen LogP) is 2.00. The lowest BCUT2D eigenvalue weighted by Gasteiger charge is -2.19. The number of alkyl halides is 3. The second-order valence-corrected chi connectivity index (χ2v) is 5.81. The number of anilines is 1. The molecule has 0 aliphatic carbocycles. The van der Waals surface area contributed by atoms with Crippen LogP contribution in [0.15, 0.2) is 0 Å². The first-order chi connectivity index (χ1) is 9.20. The summed E-state index contributed by atoms with van der Waals surface area (Å²) in [5.41, 5.74) is -1.31. The Hall–Kier alpha value is -1.35. The summed E-state index contributed by atoms with van der Waals surface area (Å²) in [6, 6.07) is 0.238. The van der Waals surface area contributed by atoms with Gasteiger partial charge >= 0.3 is 12.1 Å². The van der Waals surface area contributed by atoms with E-state index in [9.17, 15) is 18.0 Å². The number of carboxylic acid groups (broad SMARTS) is 1. The molecule has 2 heterocycles. The summed E-state index contributed by atoms with van der Waals surface area (Å²) in [5.74, 6) is -1.59. The number of thiazole rings is 1. The molecule has 5 nitrogen and oxygen atoms in total. The summed E-state index contributed by atoms with van der Waals surface area (Å²) in [4.78, 5) is 17.4. The fourth-order valence-electron chi connectivity index (χ4n) is 2.12. The van der Waals surface area contributed by atoms with Gasteiger partial charge in [0.2, 0.25) is 0 Å². The van der Waals surface area contributed by atoms with Crippen LogP contribution >= 0.6 is 11.3 Å². The molecule has 0 saturated carbocycles. The molecule has 1 aliphatic heterocycles. The first-order valence-corrected chi connectivity index (χ1v) is 6.74. The van der Waals surface area contributed by atoms with Crippen molar-refractivity contribution in [2.75, 3.05) is 32.1 Å². The lowest BCUT2D eigenvalue weighted by atomic mass is 10.2. The molecule has 1 unspecified atom stereocenters. The highest BCUT2D eigenvalue weighted by Crippen LogP contribution is 2.38. The third-order valence-electron chi connectivity index (χ3n) is 3.24. The first kappa shape index (κ1) is 15.0. The van der Waals surface area contributed by atoms with E-state index >= 15 is 0 Å². The van der Waals surface area contributed by atoms with Crippen molar-refractivity contribution >= 4 is 22.4 Å². The van der Waals surface area contributed by atoms with Crippen LogP contribution in [0, 0.1) is 0 Å². The molecule has 0 aromatic carbocycles. The van der Waals surface area contributed by atoms with Crippen molar-refractivity contribution in [2.45, 2.75) is 18.6 Å². The Morgan fingerprint density at radius 2 is 2.15 bits per heavy atom. The Kier molecular flexibility index (Phi) is 3.92. The van der Waals surface area contributed by atoms with E-state index in [0.29, 0.717) is 24.4 Å². The van der Waals surface area contributed by atoms with E-state index < -0.39 is 22.7 Å². The standard InChI is InChI=1S/C11H14F3N3O2S/c1-16(2)6-3-4-17(5-6)10-15-8(11(12,13)14)7(20-10)9(18)19/h6H,3-5H2,1-2H3,(H,18,19). The largest absolute Gasteiger partial charge is 0.477 e. The molecule has 1 aromatic heterocycles. The molecule has 1 aromatic rings. The fraction of sp³-hybridized carbons (Fsp3) is 0.636. The van der Waals surface area contributed by atoms with Crippen LogP contribution in [0.4, 0.5) is 18.3 Å². The molecular formula is C11H14F3N3O2S. The third-order valence-corrected chi connectivity index (χ3v) is 4.35. The number of halogens is 3. The van der Waals surface area contributed by atoms with E-state index in [1.54, 1.807) is 4.90 Å². The van der Waals surface area contributed by atoms with Crippen LogP contribution < -0.4 is 4.90 Å². The van der Waals surface area contributed by atoms with Gasteiger partial charge in [0.1, 0.15) is 4.88 Å². The van der Waals surface area contributed by atoms with Gasteiger partial charge in [0.15, 0.2) is 10.8 Å². The Morgan fingerprint density at radius 1 is 1.50 bits per heavy atom. The Balaban J connectivity index is 2.29. The van der Waals surface area contributed by atoms with Gasteiger partial charge in [-0.15, -0.1) is 0 Å². The van der Waals surface area contributed by atoms with Gasteiger partial charge < -0.3 is 14.9 Å². The van der Waals surface area contributed by atoms with Gasteiger partial charge in [0.25, 0.3) is 0 Å². The maximum atomic E-state index is 12.8. The van der Waals surface area contributed by atoms with Gasteiger partial charge in [-0.3, -0.25) is 0 Å². The van der Waals surface area contributed by atoms with Gasteiger partial charge in [-0.1, -0.05) is 11.3 Å². The summed E-state index contributed by atoms with van der Waals surface area (Å²) in [6.45, 7) is 1.13. The molecule has 1 atom stereocenters. The van der Waals surface area contributed by atoms with Crippen LogP contribution in [0.2, 0.25) is 0 Å². The van der Waals surface area contributed by atoms with E-state index in [-0.39, 0.29) is 11.2 Å². The van der Waals surface area contributed by atoms with Crippen LogP contribution in [0.1, 0.15) is 21.8 Å². The van der Waals surface area contributed by atoms with Gasteiger partial charge in [0, 0.05) is 19.1 Å². The monoisotopic (exact) mass is 309 g/mol. The van der Waals surface area contributed by atoms with E-state index in [4.69, 9.17) is 5.11 Å². The Bertz CT molecular complexity index is 516. The summed E-state index contributed by atoms with van der Waals surface area (Å²) < 4.78 is 38.3. The fourth-order valence-corrected chi connectivity index (χ4v) is 3.08. The number of hydrogen-bond acceptors (Lipinski definition) is 5. The van der Waals surface area contributed by atoms with Gasteiger partial charge in [0.05, 0.1) is 0 Å². The minimum atomic E-state index is -4.75. The smallest absolute Gasteiger partial charge is 0.435 e. The van der Waals surface area contributed by atoms with E-state index in [2.05, 4.69) is 4.98 Å². The highest BCUT2D eigenvalue weighted by atomic mass is 32.1. The maximum absolute atomic E-state index is 12.8. The summed E-state index contributed by atoms with van der Waals surface area (Å²) in [7, 11) is 3.81. The zero-order valence-electron chi connectivity index (χ0n) is 10.9. The third kappa shape index (κ3) is 2.88. The number of hydrogen-bond donors (Lipinski definition) is 1. The van der Waals surface area contributed by atoms with Crippen LogP contribution in [0.25, 0.3) is 0 Å². The summed E-state index contributed by atoms with van der Waals surface area (Å²) >= 11 is 0.582. The number of rotatable bonds is 3. The number of aromatic nitrogens is 1. The normalized spacial score (nSPS) is 19.9. The number of carboxylic acids is 1. The molecule has 0 bridgehead atoms. The highest BCUT2D eigenvalue weighted by molar-refractivity contribution is 7.17. The number of likely N-dealkylation sites (N-methyl/N-ethyl adjacent to an activating group) is 1. The molecule has 9 heteroatoms. The van der Waals surface area contributed by atoms with Gasteiger partial charge in [-0.2, -0.15) is 13.2 Å². The summed E-state index contributed by atoms with van der Waals surface area (Å²) in [5, 5.41) is 8.99. The molecule has 0 spiro atoms. The molecule has 1 N–H and O–H groups in total. The summed E-state index contributed by atoms with van der Waals surface area (Å²) in [6.07, 6.45) is -3.93. The van der Waals surface area contributed by atoms with E-state index in [1.165, 1.54) is 0 Å². The van der Waals surface area contributed by atoms with Crippen LogP contribution in [0.5, 0.6) is 0 Å². The van der Waals surface area contributed by atoms with Crippen LogP contribution in [-0.2, 0) is 6.18 Å². The molecular weight excluding hydrogens is 295 g/mol. The van der Waals surface area contributed by atoms with Crippen LogP contribution in [0.3, 0.4) is 0 Å². The van der Waals surface area contributed by atoms with Crippen molar-refractivity contribution in [1.82, 2.24) is 9.88 Å². The van der Waals surface area contributed by atoms with Crippen molar-refractivity contribution in [3.05, 3.63) is 10.6 Å². The second kappa shape index (κ2) is 5.21. The lowest BCUT2D eigenvalue weighted by Crippen LogP contribution is -2.31. The SMILES string of the molecule is CN(C)C1CCN(c2nc(C(F)(F)F)c(C(=O)O)s2)C1. The number of aromatic carboxylic acids is 1. The van der Waals surface area contributed by atoms with Gasteiger partial charge in [-0.25, -0.2) is 9.78 Å². The quantitative estimate of drug-likeness (QED) is 0.925. The zero-order valence-corrected chi connectivity index (χ0v) is 11.8. The number of nitrogens with zero attached hydrogens (tertiary/aromatic N) is 3. The molecule has 112 valence electrons. The van der Waals surface area contributed by atoms with E-state index in [0.717, 1.165) is 6.42 Å². The van der Waals surface area contributed by atoms with E-state index in [1.807, 2.05) is 19.0 Å². The predicted molar refractivity (Wildman–Crippen MR) is 68.4 cm³/mol. The minimum absolute atomic E-state index is 0.124. The highest BCUT2D eigenvalue weighted by Gasteiger charge is 2.41. The Labute approximate surface area is 117 Å². The topological polar surface area (TPSA) is 56.7 Å². The van der Waals surface area contributed by atoms with Crippen molar-refractivity contribution in [1.29, 1.82) is 0 Å². The number of carbonyl (C=O) groups is 1. The average molecular weight is 309 g/mol. The molecule has 1 fully saturated rings. The Morgan fingerprint density at radius 3 is 2.55 bits per heavy atom. The molecule has 0 amide bonds. The molecule has 2 rings (SSSR count).